The van der Waals surface area contributed by atoms with E-state index in [1.54, 1.807) is 19.3 Å². The summed E-state index contributed by atoms with van der Waals surface area (Å²) in [6.45, 7) is 7.03. The molecule has 146 valence electrons. The van der Waals surface area contributed by atoms with Gasteiger partial charge < -0.3 is 20.1 Å². The number of rotatable bonds is 9. The molecule has 6 nitrogen and oxygen atoms in total. The Kier molecular flexibility index (Phi) is 8.87. The maximum Gasteiger partial charge on any atom is 0.191 e. The lowest BCUT2D eigenvalue weighted by Gasteiger charge is -2.15. The van der Waals surface area contributed by atoms with Crippen molar-refractivity contribution in [2.24, 2.45) is 4.99 Å². The topological polar surface area (TPSA) is 67.8 Å². The number of aromatic nitrogens is 1. The van der Waals surface area contributed by atoms with Crippen LogP contribution >= 0.6 is 11.6 Å². The highest BCUT2D eigenvalue weighted by Crippen LogP contribution is 2.20. The third kappa shape index (κ3) is 7.45. The van der Waals surface area contributed by atoms with Gasteiger partial charge in [0.15, 0.2) is 5.96 Å². The molecule has 0 saturated carbocycles. The summed E-state index contributed by atoms with van der Waals surface area (Å²) >= 11 is 5.81. The number of nitrogens with one attached hydrogen (secondary N) is 2. The molecule has 1 heterocycles. The summed E-state index contributed by atoms with van der Waals surface area (Å²) in [6.07, 6.45) is 1.74. The first-order valence-electron chi connectivity index (χ1n) is 8.97. The second kappa shape index (κ2) is 11.4. The highest BCUT2D eigenvalue weighted by molar-refractivity contribution is 6.29. The van der Waals surface area contributed by atoms with Crippen LogP contribution in [-0.4, -0.2) is 37.8 Å². The Hall–Kier alpha value is -2.31. The molecule has 0 amide bonds. The molecule has 0 unspecified atom stereocenters. The number of hydrogen-bond acceptors (Lipinski definition) is 4. The van der Waals surface area contributed by atoms with E-state index < -0.39 is 0 Å². The van der Waals surface area contributed by atoms with Gasteiger partial charge in [0.05, 0.1) is 6.61 Å². The van der Waals surface area contributed by atoms with Gasteiger partial charge in [-0.15, -0.1) is 0 Å². The number of halogens is 1. The monoisotopic (exact) mass is 390 g/mol. The van der Waals surface area contributed by atoms with Crippen LogP contribution in [0.25, 0.3) is 0 Å². The van der Waals surface area contributed by atoms with E-state index in [9.17, 15) is 0 Å². The minimum absolute atomic E-state index is 0.484. The number of guanidine groups is 1. The van der Waals surface area contributed by atoms with Crippen molar-refractivity contribution in [3.05, 3.63) is 58.4 Å². The van der Waals surface area contributed by atoms with Crippen LogP contribution in [0, 0.1) is 6.92 Å². The summed E-state index contributed by atoms with van der Waals surface area (Å²) in [4.78, 5) is 8.33. The zero-order valence-electron chi connectivity index (χ0n) is 16.1. The fourth-order valence-electron chi connectivity index (χ4n) is 2.39. The minimum atomic E-state index is 0.484. The molecule has 2 rings (SSSR count). The molecule has 0 spiro atoms. The third-order valence-corrected chi connectivity index (χ3v) is 4.05. The van der Waals surface area contributed by atoms with Crippen molar-refractivity contribution in [2.45, 2.75) is 26.9 Å². The van der Waals surface area contributed by atoms with Gasteiger partial charge in [-0.05, 0) is 37.1 Å². The molecule has 2 N–H and O–H groups in total. The van der Waals surface area contributed by atoms with Gasteiger partial charge in [0.1, 0.15) is 17.5 Å². The standard InChI is InChI=1S/C20H27ClN4O2/c1-4-26-9-10-27-18-11-15(2)5-7-17(18)14-25-20(22-3)24-13-16-6-8-19(21)23-12-16/h5-8,11-12H,4,9-10,13-14H2,1-3H3,(H2,22,24,25). The van der Waals surface area contributed by atoms with Crippen LogP contribution in [0.1, 0.15) is 23.6 Å². The zero-order valence-corrected chi connectivity index (χ0v) is 16.8. The highest BCUT2D eigenvalue weighted by Gasteiger charge is 2.06. The predicted molar refractivity (Wildman–Crippen MR) is 109 cm³/mol. The van der Waals surface area contributed by atoms with Crippen molar-refractivity contribution in [2.75, 3.05) is 26.9 Å². The van der Waals surface area contributed by atoms with Crippen LogP contribution in [0.15, 0.2) is 41.5 Å². The van der Waals surface area contributed by atoms with Gasteiger partial charge in [-0.2, -0.15) is 0 Å². The van der Waals surface area contributed by atoms with E-state index in [-0.39, 0.29) is 0 Å². The first-order valence-corrected chi connectivity index (χ1v) is 9.35. The quantitative estimate of drug-likeness (QED) is 0.297. The molecule has 1 aromatic heterocycles. The van der Waals surface area contributed by atoms with Crippen LogP contribution in [-0.2, 0) is 17.8 Å². The maximum atomic E-state index is 5.88. The number of benzene rings is 1. The van der Waals surface area contributed by atoms with Gasteiger partial charge >= 0.3 is 0 Å². The van der Waals surface area contributed by atoms with Crippen LogP contribution in [0.5, 0.6) is 5.75 Å². The smallest absolute Gasteiger partial charge is 0.191 e. The van der Waals surface area contributed by atoms with Crippen LogP contribution in [0.2, 0.25) is 5.15 Å². The molecule has 0 aliphatic heterocycles. The van der Waals surface area contributed by atoms with Crippen molar-refractivity contribution in [1.82, 2.24) is 15.6 Å². The summed E-state index contributed by atoms with van der Waals surface area (Å²) in [6, 6.07) is 9.88. The zero-order chi connectivity index (χ0) is 19.5. The lowest BCUT2D eigenvalue weighted by atomic mass is 10.1. The summed E-state index contributed by atoms with van der Waals surface area (Å²) in [7, 11) is 1.74. The van der Waals surface area contributed by atoms with E-state index in [4.69, 9.17) is 21.1 Å². The van der Waals surface area contributed by atoms with Gasteiger partial charge in [0.25, 0.3) is 0 Å². The molecule has 27 heavy (non-hydrogen) atoms. The fourth-order valence-corrected chi connectivity index (χ4v) is 2.51. The number of pyridine rings is 1. The lowest BCUT2D eigenvalue weighted by molar-refractivity contribution is 0.110. The van der Waals surface area contributed by atoms with E-state index >= 15 is 0 Å². The number of hydrogen-bond donors (Lipinski definition) is 2. The molecule has 0 aliphatic rings. The van der Waals surface area contributed by atoms with Gasteiger partial charge in [0, 0.05) is 38.5 Å². The normalized spacial score (nSPS) is 11.3. The Morgan fingerprint density at radius 2 is 1.96 bits per heavy atom. The molecule has 0 bridgehead atoms. The first kappa shape index (κ1) is 21.0. The van der Waals surface area contributed by atoms with E-state index in [0.29, 0.717) is 44.0 Å². The molecule has 0 atom stereocenters. The van der Waals surface area contributed by atoms with Crippen molar-refractivity contribution in [1.29, 1.82) is 0 Å². The largest absolute Gasteiger partial charge is 0.491 e. The molecular weight excluding hydrogens is 364 g/mol. The van der Waals surface area contributed by atoms with E-state index in [2.05, 4.69) is 32.7 Å². The van der Waals surface area contributed by atoms with E-state index in [0.717, 1.165) is 22.4 Å². The summed E-state index contributed by atoms with van der Waals surface area (Å²) < 4.78 is 11.2. The number of aliphatic imine (C=N–C) groups is 1. The second-order valence-electron chi connectivity index (χ2n) is 5.93. The summed E-state index contributed by atoms with van der Waals surface area (Å²) in [5.74, 6) is 1.56. The third-order valence-electron chi connectivity index (χ3n) is 3.83. The molecule has 2 aromatic rings. The van der Waals surface area contributed by atoms with Crippen LogP contribution in [0.3, 0.4) is 0 Å². The predicted octanol–water partition coefficient (Wildman–Crippen LogP) is 3.32. The Morgan fingerprint density at radius 1 is 1.15 bits per heavy atom. The lowest BCUT2D eigenvalue weighted by Crippen LogP contribution is -2.36. The SMILES string of the molecule is CCOCCOc1cc(C)ccc1CNC(=NC)NCc1ccc(Cl)nc1. The van der Waals surface area contributed by atoms with Gasteiger partial charge in [-0.3, -0.25) is 4.99 Å². The molecule has 0 saturated heterocycles. The Labute approximate surface area is 166 Å². The number of nitrogens with zero attached hydrogens (tertiary/aromatic N) is 2. The maximum absolute atomic E-state index is 5.88. The molecular formula is C20H27ClN4O2. The molecule has 0 fully saturated rings. The van der Waals surface area contributed by atoms with Crippen molar-refractivity contribution >= 4 is 17.6 Å². The Morgan fingerprint density at radius 3 is 2.67 bits per heavy atom. The Bertz CT molecular complexity index is 735. The average Bonchev–Trinajstić information content (AvgIpc) is 2.68. The summed E-state index contributed by atoms with van der Waals surface area (Å²) in [5, 5.41) is 7.05. The Balaban J connectivity index is 1.90. The van der Waals surface area contributed by atoms with Crippen LogP contribution < -0.4 is 15.4 Å². The van der Waals surface area contributed by atoms with Gasteiger partial charge in [0.2, 0.25) is 0 Å². The van der Waals surface area contributed by atoms with Crippen molar-refractivity contribution in [3.8, 4) is 5.75 Å². The minimum Gasteiger partial charge on any atom is -0.491 e. The van der Waals surface area contributed by atoms with Crippen molar-refractivity contribution < 1.29 is 9.47 Å². The van der Waals surface area contributed by atoms with Gasteiger partial charge in [-0.1, -0.05) is 29.8 Å². The fraction of sp³-hybridized carbons (Fsp3) is 0.400. The summed E-state index contributed by atoms with van der Waals surface area (Å²) in [5.41, 5.74) is 3.24. The van der Waals surface area contributed by atoms with Crippen LogP contribution in [0.4, 0.5) is 0 Å². The molecule has 0 radical (unpaired) electrons. The van der Waals surface area contributed by atoms with Gasteiger partial charge in [-0.25, -0.2) is 4.98 Å². The van der Waals surface area contributed by atoms with E-state index in [1.165, 1.54) is 0 Å². The molecule has 7 heteroatoms. The number of ether oxygens (including phenoxy) is 2. The highest BCUT2D eigenvalue weighted by atomic mass is 35.5. The number of aryl methyl sites for hydroxylation is 1. The second-order valence-corrected chi connectivity index (χ2v) is 6.31. The first-order chi connectivity index (χ1) is 13.1. The molecule has 1 aromatic carbocycles. The van der Waals surface area contributed by atoms with E-state index in [1.807, 2.05) is 26.0 Å². The molecule has 0 aliphatic carbocycles. The van der Waals surface area contributed by atoms with Crippen molar-refractivity contribution in [3.63, 3.8) is 0 Å². The average molecular weight is 391 g/mol.